The summed E-state index contributed by atoms with van der Waals surface area (Å²) in [6, 6.07) is 16.3. The van der Waals surface area contributed by atoms with Gasteiger partial charge in [-0.3, -0.25) is 9.69 Å². The molecule has 3 rings (SSSR count). The molecular weight excluding hydrogens is 312 g/mol. The highest BCUT2D eigenvalue weighted by Crippen LogP contribution is 2.19. The Labute approximate surface area is 149 Å². The Kier molecular flexibility index (Phi) is 5.56. The molecule has 1 fully saturated rings. The molecule has 0 radical (unpaired) electrons. The Morgan fingerprint density at radius 3 is 2.44 bits per heavy atom. The SMILES string of the molecule is Cc1cccc(NCCN2CCN(c3ccccc3)CC2)c1C(N)=O. The van der Waals surface area contributed by atoms with Gasteiger partial charge in [-0.15, -0.1) is 0 Å². The Morgan fingerprint density at radius 2 is 1.76 bits per heavy atom. The van der Waals surface area contributed by atoms with E-state index >= 15 is 0 Å². The number of anilines is 2. The average Bonchev–Trinajstić information content (AvgIpc) is 2.63. The molecule has 1 heterocycles. The Bertz CT molecular complexity index is 709. The lowest BCUT2D eigenvalue weighted by Gasteiger charge is -2.36. The van der Waals surface area contributed by atoms with Crippen molar-refractivity contribution >= 4 is 17.3 Å². The first-order chi connectivity index (χ1) is 12.1. The van der Waals surface area contributed by atoms with Crippen LogP contribution >= 0.6 is 0 Å². The van der Waals surface area contributed by atoms with Gasteiger partial charge in [0.2, 0.25) is 0 Å². The molecule has 0 atom stereocenters. The molecule has 132 valence electrons. The second kappa shape index (κ2) is 8.03. The molecule has 0 spiro atoms. The molecule has 1 amide bonds. The van der Waals surface area contributed by atoms with Gasteiger partial charge in [0.05, 0.1) is 5.56 Å². The van der Waals surface area contributed by atoms with Gasteiger partial charge in [0.15, 0.2) is 0 Å². The second-order valence-corrected chi connectivity index (χ2v) is 6.45. The Hall–Kier alpha value is -2.53. The summed E-state index contributed by atoms with van der Waals surface area (Å²) in [4.78, 5) is 16.5. The molecule has 0 aromatic heterocycles. The van der Waals surface area contributed by atoms with Crippen LogP contribution in [0.2, 0.25) is 0 Å². The quantitative estimate of drug-likeness (QED) is 0.849. The molecule has 0 saturated carbocycles. The number of carbonyl (C=O) groups is 1. The number of hydrogen-bond donors (Lipinski definition) is 2. The van der Waals surface area contributed by atoms with E-state index in [9.17, 15) is 4.79 Å². The zero-order chi connectivity index (χ0) is 17.6. The van der Waals surface area contributed by atoms with Crippen molar-refractivity contribution in [3.05, 3.63) is 59.7 Å². The van der Waals surface area contributed by atoms with Gasteiger partial charge in [-0.1, -0.05) is 30.3 Å². The summed E-state index contributed by atoms with van der Waals surface area (Å²) in [5, 5.41) is 3.37. The Morgan fingerprint density at radius 1 is 1.04 bits per heavy atom. The number of nitrogens with two attached hydrogens (primary N) is 1. The standard InChI is InChI=1S/C20H26N4O/c1-16-6-5-9-18(19(16)20(21)25)22-10-11-23-12-14-24(15-13-23)17-7-3-2-4-8-17/h2-9,22H,10-15H2,1H3,(H2,21,25). The minimum Gasteiger partial charge on any atom is -0.383 e. The maximum Gasteiger partial charge on any atom is 0.251 e. The van der Waals surface area contributed by atoms with E-state index in [2.05, 4.69) is 45.4 Å². The van der Waals surface area contributed by atoms with E-state index in [1.807, 2.05) is 25.1 Å². The summed E-state index contributed by atoms with van der Waals surface area (Å²) in [6.45, 7) is 7.85. The van der Waals surface area contributed by atoms with E-state index in [4.69, 9.17) is 5.73 Å². The number of nitrogens with zero attached hydrogens (tertiary/aromatic N) is 2. The van der Waals surface area contributed by atoms with Crippen molar-refractivity contribution in [2.24, 2.45) is 5.73 Å². The summed E-state index contributed by atoms with van der Waals surface area (Å²) in [6.07, 6.45) is 0. The third-order valence-corrected chi connectivity index (χ3v) is 4.76. The normalized spacial score (nSPS) is 15.2. The molecule has 0 unspecified atom stereocenters. The van der Waals surface area contributed by atoms with Crippen LogP contribution < -0.4 is 16.0 Å². The van der Waals surface area contributed by atoms with Gasteiger partial charge in [-0.25, -0.2) is 0 Å². The zero-order valence-electron chi connectivity index (χ0n) is 14.7. The second-order valence-electron chi connectivity index (χ2n) is 6.45. The fourth-order valence-corrected chi connectivity index (χ4v) is 3.36. The van der Waals surface area contributed by atoms with E-state index in [1.165, 1.54) is 5.69 Å². The van der Waals surface area contributed by atoms with E-state index in [0.29, 0.717) is 5.56 Å². The van der Waals surface area contributed by atoms with Crippen LogP contribution in [0.3, 0.4) is 0 Å². The van der Waals surface area contributed by atoms with Crippen molar-refractivity contribution in [1.82, 2.24) is 4.90 Å². The summed E-state index contributed by atoms with van der Waals surface area (Å²) >= 11 is 0. The average molecular weight is 338 g/mol. The predicted molar refractivity (Wildman–Crippen MR) is 103 cm³/mol. The van der Waals surface area contributed by atoms with Gasteiger partial charge in [-0.2, -0.15) is 0 Å². The van der Waals surface area contributed by atoms with Crippen LogP contribution in [0.1, 0.15) is 15.9 Å². The number of rotatable bonds is 6. The van der Waals surface area contributed by atoms with Gasteiger partial charge in [0.25, 0.3) is 5.91 Å². The number of amides is 1. The third kappa shape index (κ3) is 4.31. The lowest BCUT2D eigenvalue weighted by molar-refractivity contribution is 0.100. The molecule has 1 saturated heterocycles. The van der Waals surface area contributed by atoms with E-state index in [1.54, 1.807) is 0 Å². The van der Waals surface area contributed by atoms with Crippen molar-refractivity contribution in [3.8, 4) is 0 Å². The molecule has 1 aliphatic rings. The van der Waals surface area contributed by atoms with Crippen molar-refractivity contribution < 1.29 is 4.79 Å². The summed E-state index contributed by atoms with van der Waals surface area (Å²) in [5.74, 6) is -0.378. The molecular formula is C20H26N4O. The van der Waals surface area contributed by atoms with Crippen LogP contribution in [0.5, 0.6) is 0 Å². The molecule has 0 bridgehead atoms. The first-order valence-corrected chi connectivity index (χ1v) is 8.81. The highest BCUT2D eigenvalue weighted by Gasteiger charge is 2.17. The van der Waals surface area contributed by atoms with E-state index < -0.39 is 0 Å². The lowest BCUT2D eigenvalue weighted by atomic mass is 10.1. The molecule has 1 aliphatic heterocycles. The number of para-hydroxylation sites is 1. The fraction of sp³-hybridized carbons (Fsp3) is 0.350. The highest BCUT2D eigenvalue weighted by molar-refractivity contribution is 5.99. The number of nitrogens with one attached hydrogen (secondary N) is 1. The largest absolute Gasteiger partial charge is 0.383 e. The summed E-state index contributed by atoms with van der Waals surface area (Å²) in [7, 11) is 0. The molecule has 25 heavy (non-hydrogen) atoms. The molecule has 3 N–H and O–H groups in total. The van der Waals surface area contributed by atoms with Crippen molar-refractivity contribution in [3.63, 3.8) is 0 Å². The molecule has 2 aromatic rings. The van der Waals surface area contributed by atoms with Gasteiger partial charge >= 0.3 is 0 Å². The Balaban J connectivity index is 1.48. The van der Waals surface area contributed by atoms with Crippen LogP contribution in [0.15, 0.2) is 48.5 Å². The molecule has 5 heteroatoms. The highest BCUT2D eigenvalue weighted by atomic mass is 16.1. The van der Waals surface area contributed by atoms with Gasteiger partial charge in [0.1, 0.15) is 0 Å². The van der Waals surface area contributed by atoms with Gasteiger partial charge in [-0.05, 0) is 30.7 Å². The maximum atomic E-state index is 11.6. The van der Waals surface area contributed by atoms with Crippen molar-refractivity contribution in [2.45, 2.75) is 6.92 Å². The third-order valence-electron chi connectivity index (χ3n) is 4.76. The van der Waals surface area contributed by atoms with E-state index in [0.717, 1.165) is 50.5 Å². The smallest absolute Gasteiger partial charge is 0.251 e. The molecule has 5 nitrogen and oxygen atoms in total. The minimum absolute atomic E-state index is 0.378. The predicted octanol–water partition coefficient (Wildman–Crippen LogP) is 2.33. The van der Waals surface area contributed by atoms with Gasteiger partial charge < -0.3 is 16.0 Å². The molecule has 0 aliphatic carbocycles. The zero-order valence-corrected chi connectivity index (χ0v) is 14.7. The first-order valence-electron chi connectivity index (χ1n) is 8.81. The van der Waals surface area contributed by atoms with Crippen LogP contribution in [0.25, 0.3) is 0 Å². The van der Waals surface area contributed by atoms with Gasteiger partial charge in [0, 0.05) is 50.6 Å². The summed E-state index contributed by atoms with van der Waals surface area (Å²) in [5.41, 5.74) is 9.14. The van der Waals surface area contributed by atoms with Crippen molar-refractivity contribution in [1.29, 1.82) is 0 Å². The van der Waals surface area contributed by atoms with Crippen LogP contribution in [-0.2, 0) is 0 Å². The monoisotopic (exact) mass is 338 g/mol. The van der Waals surface area contributed by atoms with Crippen LogP contribution in [-0.4, -0.2) is 50.1 Å². The number of piperazine rings is 1. The number of primary amides is 1. The summed E-state index contributed by atoms with van der Waals surface area (Å²) < 4.78 is 0. The van der Waals surface area contributed by atoms with Crippen LogP contribution in [0, 0.1) is 6.92 Å². The number of hydrogen-bond acceptors (Lipinski definition) is 4. The topological polar surface area (TPSA) is 61.6 Å². The van der Waals surface area contributed by atoms with Crippen molar-refractivity contribution in [2.75, 3.05) is 49.5 Å². The number of carbonyl (C=O) groups excluding carboxylic acids is 1. The van der Waals surface area contributed by atoms with Crippen LogP contribution in [0.4, 0.5) is 11.4 Å². The maximum absolute atomic E-state index is 11.6. The van der Waals surface area contributed by atoms with E-state index in [-0.39, 0.29) is 5.91 Å². The minimum atomic E-state index is -0.378. The number of benzene rings is 2. The fourth-order valence-electron chi connectivity index (χ4n) is 3.36. The molecule has 2 aromatic carbocycles. The number of aryl methyl sites for hydroxylation is 1. The lowest BCUT2D eigenvalue weighted by Crippen LogP contribution is -2.47. The first kappa shape index (κ1) is 17.3.